The first-order valence-corrected chi connectivity index (χ1v) is 6.50. The molecular weight excluding hydrogens is 224 g/mol. The maximum atomic E-state index is 4.19. The molecule has 0 nitrogen and oxygen atoms in total. The molecule has 84 valence electrons. The van der Waals surface area contributed by atoms with Gasteiger partial charge in [0.25, 0.3) is 0 Å². The van der Waals surface area contributed by atoms with Crippen LogP contribution in [0.15, 0.2) is 48.5 Å². The quantitative estimate of drug-likeness (QED) is 0.635. The molecule has 2 aromatic rings. The standard InChI is InChI=1S/C16H14S/c17-9-3-4-12-7-8-16-14(10-12)11-13-5-1-2-6-15(13)16/h1-8,10,17H,9,11H2. The minimum Gasteiger partial charge on any atom is -0.175 e. The first-order chi connectivity index (χ1) is 8.38. The van der Waals surface area contributed by atoms with Crippen LogP contribution in [0.5, 0.6) is 0 Å². The molecule has 17 heavy (non-hydrogen) atoms. The van der Waals surface area contributed by atoms with Crippen molar-refractivity contribution in [2.75, 3.05) is 5.75 Å². The summed E-state index contributed by atoms with van der Waals surface area (Å²) in [5.74, 6) is 0.789. The molecule has 0 atom stereocenters. The molecular formula is C16H14S. The van der Waals surface area contributed by atoms with Crippen molar-refractivity contribution in [2.24, 2.45) is 0 Å². The van der Waals surface area contributed by atoms with E-state index < -0.39 is 0 Å². The van der Waals surface area contributed by atoms with E-state index in [9.17, 15) is 0 Å². The van der Waals surface area contributed by atoms with Crippen molar-refractivity contribution in [3.8, 4) is 11.1 Å². The summed E-state index contributed by atoms with van der Waals surface area (Å²) in [7, 11) is 0. The molecule has 0 bridgehead atoms. The van der Waals surface area contributed by atoms with E-state index in [2.05, 4.69) is 67.2 Å². The molecule has 1 heteroatoms. The Morgan fingerprint density at radius 1 is 1.00 bits per heavy atom. The van der Waals surface area contributed by atoms with Gasteiger partial charge in [0, 0.05) is 5.75 Å². The normalized spacial score (nSPS) is 12.8. The lowest BCUT2D eigenvalue weighted by molar-refractivity contribution is 1.26. The van der Waals surface area contributed by atoms with Crippen LogP contribution in [0.2, 0.25) is 0 Å². The SMILES string of the molecule is SCC=Cc1ccc2c(c1)Cc1ccccc1-2. The predicted octanol–water partition coefficient (Wildman–Crippen LogP) is 4.20. The molecule has 0 saturated carbocycles. The Morgan fingerprint density at radius 2 is 1.82 bits per heavy atom. The van der Waals surface area contributed by atoms with Gasteiger partial charge in [-0.05, 0) is 34.2 Å². The fraction of sp³-hybridized carbons (Fsp3) is 0.125. The highest BCUT2D eigenvalue weighted by Crippen LogP contribution is 2.36. The highest BCUT2D eigenvalue weighted by molar-refractivity contribution is 7.80. The van der Waals surface area contributed by atoms with E-state index in [-0.39, 0.29) is 0 Å². The van der Waals surface area contributed by atoms with E-state index >= 15 is 0 Å². The molecule has 0 amide bonds. The second kappa shape index (κ2) is 4.42. The summed E-state index contributed by atoms with van der Waals surface area (Å²) in [6.07, 6.45) is 5.28. The van der Waals surface area contributed by atoms with Gasteiger partial charge >= 0.3 is 0 Å². The zero-order valence-corrected chi connectivity index (χ0v) is 10.5. The first-order valence-electron chi connectivity index (χ1n) is 5.87. The molecule has 0 saturated heterocycles. The highest BCUT2D eigenvalue weighted by Gasteiger charge is 2.17. The Kier molecular flexibility index (Phi) is 2.77. The monoisotopic (exact) mass is 238 g/mol. The smallest absolute Gasteiger partial charge is 0.00858 e. The van der Waals surface area contributed by atoms with Gasteiger partial charge in [-0.2, -0.15) is 12.6 Å². The summed E-state index contributed by atoms with van der Waals surface area (Å²) in [5, 5.41) is 0. The number of fused-ring (bicyclic) bond motifs is 3. The fourth-order valence-electron chi connectivity index (χ4n) is 2.46. The van der Waals surface area contributed by atoms with Gasteiger partial charge in [-0.15, -0.1) is 0 Å². The number of thiol groups is 1. The zero-order valence-electron chi connectivity index (χ0n) is 9.56. The van der Waals surface area contributed by atoms with Gasteiger partial charge in [-0.3, -0.25) is 0 Å². The van der Waals surface area contributed by atoms with Crippen LogP contribution in [0.3, 0.4) is 0 Å². The molecule has 3 rings (SSSR count). The van der Waals surface area contributed by atoms with Gasteiger partial charge in [-0.25, -0.2) is 0 Å². The molecule has 1 aliphatic carbocycles. The van der Waals surface area contributed by atoms with Crippen molar-refractivity contribution >= 4 is 18.7 Å². The maximum absolute atomic E-state index is 4.19. The topological polar surface area (TPSA) is 0 Å². The van der Waals surface area contributed by atoms with E-state index in [1.165, 1.54) is 27.8 Å². The molecule has 0 fully saturated rings. The van der Waals surface area contributed by atoms with Crippen LogP contribution in [-0.4, -0.2) is 5.75 Å². The second-order valence-corrected chi connectivity index (χ2v) is 4.70. The van der Waals surface area contributed by atoms with Crippen LogP contribution in [0, 0.1) is 0 Å². The average Bonchev–Trinajstić information content (AvgIpc) is 2.74. The van der Waals surface area contributed by atoms with Gasteiger partial charge in [0.1, 0.15) is 0 Å². The lowest BCUT2D eigenvalue weighted by Gasteiger charge is -2.01. The third kappa shape index (κ3) is 1.91. The van der Waals surface area contributed by atoms with E-state index in [0.29, 0.717) is 0 Å². The molecule has 0 spiro atoms. The van der Waals surface area contributed by atoms with Crippen LogP contribution in [0.4, 0.5) is 0 Å². The van der Waals surface area contributed by atoms with Crippen LogP contribution in [0.1, 0.15) is 16.7 Å². The van der Waals surface area contributed by atoms with Crippen molar-refractivity contribution in [1.29, 1.82) is 0 Å². The number of benzene rings is 2. The molecule has 1 aliphatic rings. The van der Waals surface area contributed by atoms with Crippen LogP contribution < -0.4 is 0 Å². The van der Waals surface area contributed by atoms with Crippen LogP contribution >= 0.6 is 12.6 Å². The number of hydrogen-bond acceptors (Lipinski definition) is 1. The first kappa shape index (κ1) is 10.7. The Hall–Kier alpha value is -1.47. The molecule has 0 aromatic heterocycles. The van der Waals surface area contributed by atoms with Crippen molar-refractivity contribution in [3.63, 3.8) is 0 Å². The minimum atomic E-state index is 0.789. The summed E-state index contributed by atoms with van der Waals surface area (Å²) < 4.78 is 0. The summed E-state index contributed by atoms with van der Waals surface area (Å²) in [4.78, 5) is 0. The third-order valence-corrected chi connectivity index (χ3v) is 3.44. The van der Waals surface area contributed by atoms with Gasteiger partial charge in [0.05, 0.1) is 0 Å². The Morgan fingerprint density at radius 3 is 2.71 bits per heavy atom. The van der Waals surface area contributed by atoms with Crippen molar-refractivity contribution in [3.05, 3.63) is 65.2 Å². The van der Waals surface area contributed by atoms with Gasteiger partial charge in [0.15, 0.2) is 0 Å². The molecule has 0 heterocycles. The molecule has 0 radical (unpaired) electrons. The van der Waals surface area contributed by atoms with Crippen molar-refractivity contribution < 1.29 is 0 Å². The summed E-state index contributed by atoms with van der Waals surface area (Å²) in [6.45, 7) is 0. The zero-order chi connectivity index (χ0) is 11.7. The maximum Gasteiger partial charge on any atom is 0.00858 e. The van der Waals surface area contributed by atoms with E-state index in [0.717, 1.165) is 12.2 Å². The van der Waals surface area contributed by atoms with Gasteiger partial charge < -0.3 is 0 Å². The molecule has 0 unspecified atom stereocenters. The average molecular weight is 238 g/mol. The summed E-state index contributed by atoms with van der Waals surface area (Å²) in [5.41, 5.74) is 6.94. The Bertz CT molecular complexity index is 582. The molecule has 0 N–H and O–H groups in total. The lowest BCUT2D eigenvalue weighted by atomic mass is 10.0. The number of rotatable bonds is 2. The largest absolute Gasteiger partial charge is 0.175 e. The molecule has 0 aliphatic heterocycles. The van der Waals surface area contributed by atoms with Crippen LogP contribution in [0.25, 0.3) is 17.2 Å². The fourth-order valence-corrected chi connectivity index (χ4v) is 2.56. The lowest BCUT2D eigenvalue weighted by Crippen LogP contribution is -1.81. The van der Waals surface area contributed by atoms with E-state index in [4.69, 9.17) is 0 Å². The second-order valence-electron chi connectivity index (χ2n) is 4.34. The minimum absolute atomic E-state index is 0.789. The van der Waals surface area contributed by atoms with Gasteiger partial charge in [-0.1, -0.05) is 54.6 Å². The van der Waals surface area contributed by atoms with Crippen molar-refractivity contribution in [1.82, 2.24) is 0 Å². The predicted molar refractivity (Wildman–Crippen MR) is 77.6 cm³/mol. The Balaban J connectivity index is 2.04. The van der Waals surface area contributed by atoms with E-state index in [1.54, 1.807) is 0 Å². The molecule has 2 aromatic carbocycles. The highest BCUT2D eigenvalue weighted by atomic mass is 32.1. The summed E-state index contributed by atoms with van der Waals surface area (Å²) >= 11 is 4.19. The van der Waals surface area contributed by atoms with E-state index in [1.807, 2.05) is 0 Å². The van der Waals surface area contributed by atoms with Crippen LogP contribution in [-0.2, 0) is 6.42 Å². The summed E-state index contributed by atoms with van der Waals surface area (Å²) in [6, 6.07) is 15.4. The number of hydrogen-bond donors (Lipinski definition) is 1. The third-order valence-electron chi connectivity index (χ3n) is 3.23. The Labute approximate surface area is 107 Å². The van der Waals surface area contributed by atoms with Crippen molar-refractivity contribution in [2.45, 2.75) is 6.42 Å². The van der Waals surface area contributed by atoms with Gasteiger partial charge in [0.2, 0.25) is 0 Å².